The van der Waals surface area contributed by atoms with Crippen molar-refractivity contribution >= 4 is 15.8 Å². The number of hydrogen-bond donors (Lipinski definition) is 0. The summed E-state index contributed by atoms with van der Waals surface area (Å²) >= 11 is 0. The SMILES string of the molecule is CCOC(=O)Cn1nc(-c2ccc(OC)cc2)c(S(C)(=O)=O)cc1=O. The van der Waals surface area contributed by atoms with Crippen LogP contribution in [0.25, 0.3) is 11.3 Å². The van der Waals surface area contributed by atoms with Crippen LogP contribution in [0.2, 0.25) is 0 Å². The maximum atomic E-state index is 12.1. The number of nitrogens with zero attached hydrogens (tertiary/aromatic N) is 2. The van der Waals surface area contributed by atoms with Gasteiger partial charge in [0.05, 0.1) is 13.7 Å². The monoisotopic (exact) mass is 366 g/mol. The predicted octanol–water partition coefficient (Wildman–Crippen LogP) is 0.886. The molecule has 0 unspecified atom stereocenters. The Morgan fingerprint density at radius 2 is 1.88 bits per heavy atom. The summed E-state index contributed by atoms with van der Waals surface area (Å²) < 4.78 is 34.8. The van der Waals surface area contributed by atoms with Crippen LogP contribution >= 0.6 is 0 Å². The van der Waals surface area contributed by atoms with Gasteiger partial charge >= 0.3 is 5.97 Å². The van der Waals surface area contributed by atoms with E-state index in [4.69, 9.17) is 9.47 Å². The van der Waals surface area contributed by atoms with Crippen molar-refractivity contribution in [2.45, 2.75) is 18.4 Å². The van der Waals surface area contributed by atoms with Gasteiger partial charge in [0, 0.05) is 17.9 Å². The zero-order valence-corrected chi connectivity index (χ0v) is 14.9. The summed E-state index contributed by atoms with van der Waals surface area (Å²) in [7, 11) is -2.19. The summed E-state index contributed by atoms with van der Waals surface area (Å²) in [6.07, 6.45) is 0.992. The van der Waals surface area contributed by atoms with E-state index in [2.05, 4.69) is 5.10 Å². The Hall–Kier alpha value is -2.68. The van der Waals surface area contributed by atoms with Gasteiger partial charge in [-0.05, 0) is 31.2 Å². The molecule has 1 aromatic carbocycles. The fourth-order valence-corrected chi connectivity index (χ4v) is 2.97. The molecule has 0 fully saturated rings. The van der Waals surface area contributed by atoms with Crippen LogP contribution < -0.4 is 10.3 Å². The van der Waals surface area contributed by atoms with Gasteiger partial charge < -0.3 is 9.47 Å². The molecular formula is C16H18N2O6S. The number of ether oxygens (including phenoxy) is 2. The van der Waals surface area contributed by atoms with Crippen LogP contribution in [0, 0.1) is 0 Å². The quantitative estimate of drug-likeness (QED) is 0.699. The van der Waals surface area contributed by atoms with E-state index in [1.807, 2.05) is 0 Å². The highest BCUT2D eigenvalue weighted by atomic mass is 32.2. The fourth-order valence-electron chi connectivity index (χ4n) is 2.15. The summed E-state index contributed by atoms with van der Waals surface area (Å²) in [6.45, 7) is 1.41. The van der Waals surface area contributed by atoms with Crippen LogP contribution in [0.4, 0.5) is 0 Å². The number of benzene rings is 1. The normalized spacial score (nSPS) is 11.2. The topological polar surface area (TPSA) is 105 Å². The van der Waals surface area contributed by atoms with Gasteiger partial charge in [0.15, 0.2) is 9.84 Å². The molecule has 0 saturated heterocycles. The van der Waals surface area contributed by atoms with Gasteiger partial charge in [-0.2, -0.15) is 5.10 Å². The third kappa shape index (κ3) is 4.44. The van der Waals surface area contributed by atoms with Gasteiger partial charge in [-0.1, -0.05) is 0 Å². The van der Waals surface area contributed by atoms with Crippen molar-refractivity contribution in [3.05, 3.63) is 40.7 Å². The van der Waals surface area contributed by atoms with E-state index in [0.717, 1.165) is 17.0 Å². The van der Waals surface area contributed by atoms with E-state index in [0.29, 0.717) is 11.3 Å². The number of carbonyl (C=O) groups is 1. The summed E-state index contributed by atoms with van der Waals surface area (Å²) in [5, 5.41) is 4.07. The molecule has 0 atom stereocenters. The standard InChI is InChI=1S/C16H18N2O6S/c1-4-24-15(20)10-18-14(19)9-13(25(3,21)22)16(17-18)11-5-7-12(23-2)8-6-11/h5-9H,4,10H2,1-3H3. The van der Waals surface area contributed by atoms with E-state index in [9.17, 15) is 18.0 Å². The van der Waals surface area contributed by atoms with E-state index in [1.165, 1.54) is 7.11 Å². The van der Waals surface area contributed by atoms with Gasteiger partial charge in [0.1, 0.15) is 22.9 Å². The molecule has 2 aromatic rings. The Bertz CT molecular complexity index is 932. The highest BCUT2D eigenvalue weighted by molar-refractivity contribution is 7.90. The summed E-state index contributed by atoms with van der Waals surface area (Å²) in [4.78, 5) is 23.5. The van der Waals surface area contributed by atoms with Crippen molar-refractivity contribution in [3.63, 3.8) is 0 Å². The minimum absolute atomic E-state index is 0.0778. The molecule has 0 aliphatic rings. The molecule has 0 spiro atoms. The van der Waals surface area contributed by atoms with Crippen molar-refractivity contribution < 1.29 is 22.7 Å². The minimum Gasteiger partial charge on any atom is -0.497 e. The number of hydrogen-bond acceptors (Lipinski definition) is 7. The highest BCUT2D eigenvalue weighted by Gasteiger charge is 2.20. The lowest BCUT2D eigenvalue weighted by Crippen LogP contribution is -2.29. The highest BCUT2D eigenvalue weighted by Crippen LogP contribution is 2.25. The average molecular weight is 366 g/mol. The van der Waals surface area contributed by atoms with Gasteiger partial charge in [0.25, 0.3) is 5.56 Å². The zero-order chi connectivity index (χ0) is 18.6. The molecule has 1 aromatic heterocycles. The number of methoxy groups -OCH3 is 1. The molecule has 2 rings (SSSR count). The number of aromatic nitrogens is 2. The van der Waals surface area contributed by atoms with Gasteiger partial charge in [-0.15, -0.1) is 0 Å². The molecule has 9 heteroatoms. The Labute approximate surface area is 144 Å². The first-order valence-electron chi connectivity index (χ1n) is 7.38. The molecule has 8 nitrogen and oxygen atoms in total. The lowest BCUT2D eigenvalue weighted by atomic mass is 10.1. The Morgan fingerprint density at radius 3 is 2.40 bits per heavy atom. The summed E-state index contributed by atoms with van der Waals surface area (Å²) in [5.74, 6) is -0.0469. The second-order valence-corrected chi connectivity index (χ2v) is 7.14. The van der Waals surface area contributed by atoms with Crippen molar-refractivity contribution in [3.8, 4) is 17.0 Å². The molecule has 0 amide bonds. The molecule has 0 aliphatic carbocycles. The van der Waals surface area contributed by atoms with E-state index in [1.54, 1.807) is 31.2 Å². The summed E-state index contributed by atoms with van der Waals surface area (Å²) in [5.41, 5.74) is -0.154. The van der Waals surface area contributed by atoms with Crippen LogP contribution in [0.5, 0.6) is 5.75 Å². The molecule has 0 aliphatic heterocycles. The third-order valence-corrected chi connectivity index (χ3v) is 4.42. The van der Waals surface area contributed by atoms with Crippen molar-refractivity contribution in [1.29, 1.82) is 0 Å². The number of carbonyl (C=O) groups excluding carboxylic acids is 1. The smallest absolute Gasteiger partial charge is 0.327 e. The van der Waals surface area contributed by atoms with Crippen LogP contribution in [-0.4, -0.2) is 44.1 Å². The van der Waals surface area contributed by atoms with E-state index < -0.39 is 27.9 Å². The van der Waals surface area contributed by atoms with Crippen LogP contribution in [0.1, 0.15) is 6.92 Å². The number of rotatable bonds is 6. The van der Waals surface area contributed by atoms with E-state index in [-0.39, 0.29) is 17.2 Å². The second kappa shape index (κ2) is 7.47. The van der Waals surface area contributed by atoms with Crippen molar-refractivity contribution in [2.75, 3.05) is 20.0 Å². The average Bonchev–Trinajstić information content (AvgIpc) is 2.56. The third-order valence-electron chi connectivity index (χ3n) is 3.31. The van der Waals surface area contributed by atoms with Crippen LogP contribution in [-0.2, 0) is 25.9 Å². The largest absolute Gasteiger partial charge is 0.497 e. The first-order valence-corrected chi connectivity index (χ1v) is 9.27. The van der Waals surface area contributed by atoms with E-state index >= 15 is 0 Å². The van der Waals surface area contributed by atoms with Crippen LogP contribution in [0.15, 0.2) is 40.0 Å². The molecule has 0 saturated carbocycles. The molecule has 0 N–H and O–H groups in total. The molecule has 134 valence electrons. The van der Waals surface area contributed by atoms with Gasteiger partial charge in [-0.3, -0.25) is 9.59 Å². The molecule has 0 bridgehead atoms. The first kappa shape index (κ1) is 18.7. The first-order chi connectivity index (χ1) is 11.8. The van der Waals surface area contributed by atoms with Gasteiger partial charge in [0.2, 0.25) is 0 Å². The lowest BCUT2D eigenvalue weighted by molar-refractivity contribution is -0.144. The molecule has 1 heterocycles. The number of esters is 1. The zero-order valence-electron chi connectivity index (χ0n) is 14.1. The van der Waals surface area contributed by atoms with Crippen LogP contribution in [0.3, 0.4) is 0 Å². The molecule has 0 radical (unpaired) electrons. The summed E-state index contributed by atoms with van der Waals surface area (Å²) in [6, 6.07) is 7.49. The molecule has 25 heavy (non-hydrogen) atoms. The fraction of sp³-hybridized carbons (Fsp3) is 0.312. The second-order valence-electron chi connectivity index (χ2n) is 5.16. The van der Waals surface area contributed by atoms with Gasteiger partial charge in [-0.25, -0.2) is 13.1 Å². The maximum Gasteiger partial charge on any atom is 0.327 e. The molecular weight excluding hydrogens is 348 g/mol. The lowest BCUT2D eigenvalue weighted by Gasteiger charge is -2.11. The van der Waals surface area contributed by atoms with Crippen molar-refractivity contribution in [2.24, 2.45) is 0 Å². The Morgan fingerprint density at radius 1 is 1.24 bits per heavy atom. The number of sulfone groups is 1. The Kier molecular flexibility index (Phi) is 5.58. The Balaban J connectivity index is 2.61. The van der Waals surface area contributed by atoms with Crippen molar-refractivity contribution in [1.82, 2.24) is 9.78 Å². The minimum atomic E-state index is -3.70. The predicted molar refractivity (Wildman–Crippen MR) is 90.2 cm³/mol. The maximum absolute atomic E-state index is 12.1.